The SMILES string of the molecule is CCCCCc1cccc(NCNc2cccc(CCCCC)c2)c1. The van der Waals surface area contributed by atoms with E-state index in [1.54, 1.807) is 0 Å². The average Bonchev–Trinajstić information content (AvgIpc) is 2.63. The molecule has 0 amide bonds. The van der Waals surface area contributed by atoms with Crippen LogP contribution in [0.4, 0.5) is 11.4 Å². The summed E-state index contributed by atoms with van der Waals surface area (Å²) >= 11 is 0. The smallest absolute Gasteiger partial charge is 0.0849 e. The van der Waals surface area contributed by atoms with Crippen molar-refractivity contribution in [3.63, 3.8) is 0 Å². The zero-order chi connectivity index (χ0) is 17.7. The van der Waals surface area contributed by atoms with Gasteiger partial charge in [0.2, 0.25) is 0 Å². The highest BCUT2D eigenvalue weighted by Gasteiger charge is 1.98. The lowest BCUT2D eigenvalue weighted by atomic mass is 10.1. The van der Waals surface area contributed by atoms with Crippen LogP contribution in [0.3, 0.4) is 0 Å². The first-order chi connectivity index (χ1) is 12.3. The number of nitrogens with one attached hydrogen (secondary N) is 2. The quantitative estimate of drug-likeness (QED) is 0.335. The average molecular weight is 339 g/mol. The Kier molecular flexibility index (Phi) is 8.96. The lowest BCUT2D eigenvalue weighted by Gasteiger charge is -2.12. The van der Waals surface area contributed by atoms with E-state index in [1.807, 2.05) is 0 Å². The molecule has 2 nitrogen and oxygen atoms in total. The minimum atomic E-state index is 0.747. The Bertz CT molecular complexity index is 553. The van der Waals surface area contributed by atoms with Crippen LogP contribution < -0.4 is 10.6 Å². The molecule has 0 fully saturated rings. The predicted molar refractivity (Wildman–Crippen MR) is 111 cm³/mol. The number of benzene rings is 2. The van der Waals surface area contributed by atoms with Crippen molar-refractivity contribution < 1.29 is 0 Å². The van der Waals surface area contributed by atoms with E-state index in [-0.39, 0.29) is 0 Å². The van der Waals surface area contributed by atoms with Gasteiger partial charge in [-0.1, -0.05) is 63.8 Å². The Morgan fingerprint density at radius 1 is 0.640 bits per heavy atom. The molecule has 0 radical (unpaired) electrons. The highest BCUT2D eigenvalue weighted by molar-refractivity contribution is 5.50. The molecular formula is C23H34N2. The van der Waals surface area contributed by atoms with Gasteiger partial charge in [-0.2, -0.15) is 0 Å². The lowest BCUT2D eigenvalue weighted by Crippen LogP contribution is -2.11. The molecule has 2 heteroatoms. The van der Waals surface area contributed by atoms with Gasteiger partial charge in [-0.25, -0.2) is 0 Å². The second-order valence-corrected chi connectivity index (χ2v) is 6.85. The fourth-order valence-electron chi connectivity index (χ4n) is 3.08. The van der Waals surface area contributed by atoms with Crippen LogP contribution in [-0.2, 0) is 12.8 Å². The van der Waals surface area contributed by atoms with Gasteiger partial charge in [-0.3, -0.25) is 0 Å². The maximum atomic E-state index is 3.48. The number of hydrogen-bond acceptors (Lipinski definition) is 2. The van der Waals surface area contributed by atoms with Crippen molar-refractivity contribution in [2.45, 2.75) is 65.2 Å². The van der Waals surface area contributed by atoms with Crippen molar-refractivity contribution in [2.24, 2.45) is 0 Å². The Morgan fingerprint density at radius 3 is 1.56 bits per heavy atom. The van der Waals surface area contributed by atoms with Gasteiger partial charge in [0.05, 0.1) is 6.67 Å². The van der Waals surface area contributed by atoms with Crippen molar-refractivity contribution in [3.05, 3.63) is 59.7 Å². The normalized spacial score (nSPS) is 10.6. The Balaban J connectivity index is 1.78. The zero-order valence-corrected chi connectivity index (χ0v) is 16.0. The Morgan fingerprint density at radius 2 is 1.12 bits per heavy atom. The summed E-state index contributed by atoms with van der Waals surface area (Å²) in [4.78, 5) is 0. The molecule has 0 saturated heterocycles. The largest absolute Gasteiger partial charge is 0.368 e. The number of unbranched alkanes of at least 4 members (excludes halogenated alkanes) is 4. The van der Waals surface area contributed by atoms with Gasteiger partial charge in [-0.15, -0.1) is 0 Å². The summed E-state index contributed by atoms with van der Waals surface area (Å²) in [6, 6.07) is 17.6. The minimum Gasteiger partial charge on any atom is -0.368 e. The van der Waals surface area contributed by atoms with Crippen LogP contribution in [0.15, 0.2) is 48.5 Å². The van der Waals surface area contributed by atoms with Crippen molar-refractivity contribution in [1.82, 2.24) is 0 Å². The topological polar surface area (TPSA) is 24.1 Å². The van der Waals surface area contributed by atoms with Crippen LogP contribution in [-0.4, -0.2) is 6.67 Å². The van der Waals surface area contributed by atoms with Gasteiger partial charge >= 0.3 is 0 Å². The Labute approximate surface area is 154 Å². The summed E-state index contributed by atoms with van der Waals surface area (Å²) in [6.07, 6.45) is 10.1. The van der Waals surface area contributed by atoms with E-state index in [2.05, 4.69) is 73.0 Å². The second-order valence-electron chi connectivity index (χ2n) is 6.85. The van der Waals surface area contributed by atoms with Crippen LogP contribution in [0.1, 0.15) is 63.5 Å². The van der Waals surface area contributed by atoms with E-state index in [1.165, 1.54) is 73.9 Å². The van der Waals surface area contributed by atoms with Crippen LogP contribution in [0.25, 0.3) is 0 Å². The summed E-state index contributed by atoms with van der Waals surface area (Å²) < 4.78 is 0. The minimum absolute atomic E-state index is 0.747. The van der Waals surface area contributed by atoms with Gasteiger partial charge in [-0.05, 0) is 61.1 Å². The molecule has 0 spiro atoms. The maximum Gasteiger partial charge on any atom is 0.0849 e. The molecule has 2 N–H and O–H groups in total. The van der Waals surface area contributed by atoms with Gasteiger partial charge in [0.1, 0.15) is 0 Å². The van der Waals surface area contributed by atoms with Crippen LogP contribution in [0.2, 0.25) is 0 Å². The van der Waals surface area contributed by atoms with E-state index in [0.29, 0.717) is 0 Å². The fourth-order valence-corrected chi connectivity index (χ4v) is 3.08. The molecule has 2 aromatic carbocycles. The van der Waals surface area contributed by atoms with Crippen molar-refractivity contribution in [1.29, 1.82) is 0 Å². The molecule has 0 atom stereocenters. The highest BCUT2D eigenvalue weighted by atomic mass is 15.1. The third-order valence-electron chi connectivity index (χ3n) is 4.58. The second kappa shape index (κ2) is 11.6. The van der Waals surface area contributed by atoms with Crippen molar-refractivity contribution in [3.8, 4) is 0 Å². The molecule has 0 saturated carbocycles. The predicted octanol–water partition coefficient (Wildman–Crippen LogP) is 6.63. The number of anilines is 2. The molecule has 136 valence electrons. The first kappa shape index (κ1) is 19.4. The monoisotopic (exact) mass is 338 g/mol. The maximum absolute atomic E-state index is 3.48. The van der Waals surface area contributed by atoms with E-state index in [0.717, 1.165) is 6.67 Å². The van der Waals surface area contributed by atoms with Gasteiger partial charge in [0.15, 0.2) is 0 Å². The van der Waals surface area contributed by atoms with E-state index in [4.69, 9.17) is 0 Å². The zero-order valence-electron chi connectivity index (χ0n) is 16.0. The van der Waals surface area contributed by atoms with Crippen LogP contribution >= 0.6 is 0 Å². The molecule has 0 aliphatic carbocycles. The number of aryl methyl sites for hydroxylation is 2. The molecule has 0 unspecified atom stereocenters. The van der Waals surface area contributed by atoms with Gasteiger partial charge in [0.25, 0.3) is 0 Å². The summed E-state index contributed by atoms with van der Waals surface area (Å²) in [6.45, 7) is 5.25. The Hall–Kier alpha value is -1.96. The summed E-state index contributed by atoms with van der Waals surface area (Å²) in [5.74, 6) is 0. The first-order valence-corrected chi connectivity index (χ1v) is 9.97. The molecule has 2 rings (SSSR count). The van der Waals surface area contributed by atoms with E-state index < -0.39 is 0 Å². The molecular weight excluding hydrogens is 304 g/mol. The molecule has 0 aliphatic heterocycles. The summed E-state index contributed by atoms with van der Waals surface area (Å²) in [5.41, 5.74) is 5.24. The molecule has 2 aromatic rings. The summed E-state index contributed by atoms with van der Waals surface area (Å²) in [5, 5.41) is 6.97. The molecule has 0 aliphatic rings. The first-order valence-electron chi connectivity index (χ1n) is 9.97. The van der Waals surface area contributed by atoms with E-state index in [9.17, 15) is 0 Å². The summed E-state index contributed by atoms with van der Waals surface area (Å²) in [7, 11) is 0. The molecule has 0 bridgehead atoms. The van der Waals surface area contributed by atoms with Crippen LogP contribution in [0, 0.1) is 0 Å². The van der Waals surface area contributed by atoms with Crippen molar-refractivity contribution >= 4 is 11.4 Å². The highest BCUT2D eigenvalue weighted by Crippen LogP contribution is 2.15. The van der Waals surface area contributed by atoms with Gasteiger partial charge < -0.3 is 10.6 Å². The van der Waals surface area contributed by atoms with Crippen molar-refractivity contribution in [2.75, 3.05) is 17.3 Å². The van der Waals surface area contributed by atoms with Gasteiger partial charge in [0, 0.05) is 11.4 Å². The fraction of sp³-hybridized carbons (Fsp3) is 0.478. The standard InChI is InChI=1S/C23H34N2/c1-3-5-7-11-20-13-9-15-22(17-20)24-19-25-23-16-10-14-21(18-23)12-8-6-4-2/h9-10,13-18,24-25H,3-8,11-12,19H2,1-2H3. The molecule has 0 aromatic heterocycles. The van der Waals surface area contributed by atoms with E-state index >= 15 is 0 Å². The third kappa shape index (κ3) is 7.64. The lowest BCUT2D eigenvalue weighted by molar-refractivity contribution is 0.717. The third-order valence-corrected chi connectivity index (χ3v) is 4.58. The molecule has 0 heterocycles. The molecule has 25 heavy (non-hydrogen) atoms. The van der Waals surface area contributed by atoms with Crippen LogP contribution in [0.5, 0.6) is 0 Å². The number of rotatable bonds is 12. The number of hydrogen-bond donors (Lipinski definition) is 2.